The van der Waals surface area contributed by atoms with Crippen LogP contribution in [0.3, 0.4) is 0 Å². The van der Waals surface area contributed by atoms with E-state index in [2.05, 4.69) is 33.7 Å². The smallest absolute Gasteiger partial charge is 0.341 e. The molecule has 4 aromatic rings. The minimum Gasteiger partial charge on any atom is -0.493 e. The molecule has 40 heavy (non-hydrogen) atoms. The summed E-state index contributed by atoms with van der Waals surface area (Å²) < 4.78 is 27.2. The third-order valence-electron chi connectivity index (χ3n) is 6.81. The number of aryl methyl sites for hydroxylation is 1. The van der Waals surface area contributed by atoms with Crippen molar-refractivity contribution in [2.24, 2.45) is 0 Å². The van der Waals surface area contributed by atoms with Crippen molar-refractivity contribution in [2.45, 2.75) is 51.9 Å². The van der Waals surface area contributed by atoms with Crippen molar-refractivity contribution in [3.05, 3.63) is 82.2 Å². The summed E-state index contributed by atoms with van der Waals surface area (Å²) in [5.41, 5.74) is 2.93. The van der Waals surface area contributed by atoms with Crippen LogP contribution in [0.2, 0.25) is 5.02 Å². The number of halogens is 1. The van der Waals surface area contributed by atoms with E-state index >= 15 is 0 Å². The van der Waals surface area contributed by atoms with Gasteiger partial charge in [-0.05, 0) is 31.2 Å². The highest BCUT2D eigenvalue weighted by molar-refractivity contribution is 6.30. The number of hydrogen-bond donors (Lipinski definition) is 0. The number of methoxy groups -OCH3 is 2. The second-order valence-electron chi connectivity index (χ2n) is 9.70. The molecule has 0 aliphatic carbocycles. The largest absolute Gasteiger partial charge is 0.493 e. The molecular weight excluding hydrogens is 534 g/mol. The molecule has 11 heteroatoms. The Morgan fingerprint density at radius 1 is 1.12 bits per heavy atom. The molecule has 0 saturated heterocycles. The van der Waals surface area contributed by atoms with Gasteiger partial charge in [0, 0.05) is 41.2 Å². The van der Waals surface area contributed by atoms with Crippen LogP contribution in [-0.2, 0) is 16.0 Å². The summed E-state index contributed by atoms with van der Waals surface area (Å²) in [4.78, 5) is 12.2. The minimum atomic E-state index is -0.557. The minimum absolute atomic E-state index is 0.103. The maximum Gasteiger partial charge on any atom is 0.341 e. The van der Waals surface area contributed by atoms with Crippen molar-refractivity contribution in [3.63, 3.8) is 0 Å². The SMILES string of the molecule is CCOC(=O)c1cnn(CC[C@H]2O[C@H](c3cccc(OC)c3OC)c3cc(Cl)ccc3-n3c(C(C)C)nnc32)c1. The predicted molar refractivity (Wildman–Crippen MR) is 148 cm³/mol. The van der Waals surface area contributed by atoms with Crippen LogP contribution < -0.4 is 9.47 Å². The highest BCUT2D eigenvalue weighted by Crippen LogP contribution is 2.46. The zero-order valence-electron chi connectivity index (χ0n) is 23.1. The highest BCUT2D eigenvalue weighted by Gasteiger charge is 2.36. The lowest BCUT2D eigenvalue weighted by molar-refractivity contribution is -0.00438. The van der Waals surface area contributed by atoms with Crippen molar-refractivity contribution in [3.8, 4) is 17.2 Å². The van der Waals surface area contributed by atoms with Crippen LogP contribution in [0.5, 0.6) is 11.5 Å². The van der Waals surface area contributed by atoms with Crippen LogP contribution in [0.4, 0.5) is 0 Å². The summed E-state index contributed by atoms with van der Waals surface area (Å²) in [6, 6.07) is 11.5. The normalized spacial score (nSPS) is 16.3. The Bertz CT molecular complexity index is 1510. The molecule has 1 aliphatic rings. The average Bonchev–Trinajstić information content (AvgIpc) is 3.58. The Balaban J connectivity index is 1.61. The third-order valence-corrected chi connectivity index (χ3v) is 7.05. The van der Waals surface area contributed by atoms with Gasteiger partial charge in [0.25, 0.3) is 0 Å². The Labute approximate surface area is 237 Å². The van der Waals surface area contributed by atoms with Gasteiger partial charge in [0.15, 0.2) is 17.3 Å². The van der Waals surface area contributed by atoms with E-state index in [-0.39, 0.29) is 5.92 Å². The molecule has 0 unspecified atom stereocenters. The zero-order valence-corrected chi connectivity index (χ0v) is 23.9. The van der Waals surface area contributed by atoms with Gasteiger partial charge in [-0.2, -0.15) is 5.10 Å². The van der Waals surface area contributed by atoms with Crippen molar-refractivity contribution in [2.75, 3.05) is 20.8 Å². The van der Waals surface area contributed by atoms with Gasteiger partial charge < -0.3 is 18.9 Å². The van der Waals surface area contributed by atoms with Gasteiger partial charge in [-0.3, -0.25) is 9.25 Å². The van der Waals surface area contributed by atoms with Gasteiger partial charge in [0.2, 0.25) is 0 Å². The first-order chi connectivity index (χ1) is 19.4. The number of esters is 1. The highest BCUT2D eigenvalue weighted by atomic mass is 35.5. The van der Waals surface area contributed by atoms with Gasteiger partial charge in [-0.15, -0.1) is 10.2 Å². The van der Waals surface area contributed by atoms with Crippen LogP contribution in [0, 0.1) is 0 Å². The molecule has 5 rings (SSSR count). The van der Waals surface area contributed by atoms with Crippen molar-refractivity contribution in [1.82, 2.24) is 24.5 Å². The molecule has 210 valence electrons. The first-order valence-corrected chi connectivity index (χ1v) is 13.5. The molecule has 1 aliphatic heterocycles. The fourth-order valence-electron chi connectivity index (χ4n) is 4.99. The van der Waals surface area contributed by atoms with E-state index in [0.29, 0.717) is 47.5 Å². The number of ether oxygens (including phenoxy) is 4. The Morgan fingerprint density at radius 2 is 1.95 bits per heavy atom. The molecule has 10 nitrogen and oxygen atoms in total. The maximum atomic E-state index is 12.2. The van der Waals surface area contributed by atoms with E-state index < -0.39 is 18.2 Å². The van der Waals surface area contributed by atoms with Gasteiger partial charge >= 0.3 is 5.97 Å². The number of benzene rings is 2. The van der Waals surface area contributed by atoms with Crippen molar-refractivity contribution >= 4 is 17.6 Å². The van der Waals surface area contributed by atoms with E-state index in [9.17, 15) is 4.79 Å². The number of carbonyl (C=O) groups excluding carboxylic acids is 1. The second-order valence-corrected chi connectivity index (χ2v) is 10.1. The fourth-order valence-corrected chi connectivity index (χ4v) is 5.17. The van der Waals surface area contributed by atoms with Gasteiger partial charge in [0.1, 0.15) is 18.0 Å². The van der Waals surface area contributed by atoms with E-state index in [0.717, 1.165) is 22.6 Å². The summed E-state index contributed by atoms with van der Waals surface area (Å²) in [7, 11) is 3.22. The summed E-state index contributed by atoms with van der Waals surface area (Å²) >= 11 is 6.54. The van der Waals surface area contributed by atoms with Crippen LogP contribution >= 0.6 is 11.6 Å². The number of hydrogen-bond acceptors (Lipinski definition) is 8. The third kappa shape index (κ3) is 5.16. The van der Waals surface area contributed by atoms with Gasteiger partial charge in [-0.25, -0.2) is 4.79 Å². The van der Waals surface area contributed by atoms with Crippen molar-refractivity contribution in [1.29, 1.82) is 0 Å². The number of fused-ring (bicyclic) bond motifs is 3. The van der Waals surface area contributed by atoms with Gasteiger partial charge in [0.05, 0.1) is 38.3 Å². The lowest BCUT2D eigenvalue weighted by atomic mass is 9.98. The standard InChI is InChI=1S/C29H32ClN5O5/c1-6-39-29(36)18-15-31-34(16-18)13-12-24-28-33-32-27(17(2)3)35(28)22-11-10-19(30)14-21(22)25(40-24)20-8-7-9-23(37-4)26(20)38-5/h7-11,14-17,24-25H,6,12-13H2,1-5H3/t24-,25-/m1/s1. The number of para-hydroxylation sites is 1. The number of aromatic nitrogens is 5. The van der Waals surface area contributed by atoms with Gasteiger partial charge in [-0.1, -0.05) is 37.6 Å². The first-order valence-electron chi connectivity index (χ1n) is 13.2. The quantitative estimate of drug-likeness (QED) is 0.239. The molecule has 0 N–H and O–H groups in total. The van der Waals surface area contributed by atoms with E-state index in [1.165, 1.54) is 6.20 Å². The molecule has 0 saturated carbocycles. The van der Waals surface area contributed by atoms with Crippen LogP contribution in [0.25, 0.3) is 5.69 Å². The average molecular weight is 566 g/mol. The summed E-state index contributed by atoms with van der Waals surface area (Å²) in [6.07, 6.45) is 2.65. The second kappa shape index (κ2) is 11.7. The molecule has 2 aromatic carbocycles. The molecular formula is C29H32ClN5O5. The number of rotatable bonds is 9. The molecule has 0 spiro atoms. The summed E-state index contributed by atoms with van der Waals surface area (Å²) in [6.45, 7) is 6.69. The lowest BCUT2D eigenvalue weighted by Gasteiger charge is -2.25. The Hall–Kier alpha value is -3.89. The molecule has 0 radical (unpaired) electrons. The van der Waals surface area contributed by atoms with Crippen molar-refractivity contribution < 1.29 is 23.7 Å². The summed E-state index contributed by atoms with van der Waals surface area (Å²) in [5, 5.41) is 14.1. The van der Waals surface area contributed by atoms with Crippen LogP contribution in [-0.4, -0.2) is 51.3 Å². The Kier molecular flexibility index (Phi) is 8.09. The van der Waals surface area contributed by atoms with E-state index in [1.54, 1.807) is 32.0 Å². The zero-order chi connectivity index (χ0) is 28.4. The lowest BCUT2D eigenvalue weighted by Crippen LogP contribution is -2.15. The number of carbonyl (C=O) groups is 1. The molecule has 2 atom stereocenters. The first kappa shape index (κ1) is 27.7. The van der Waals surface area contributed by atoms with Crippen LogP contribution in [0.15, 0.2) is 48.8 Å². The summed E-state index contributed by atoms with van der Waals surface area (Å²) in [5.74, 6) is 2.36. The number of nitrogens with zero attached hydrogens (tertiary/aromatic N) is 5. The fraction of sp³-hybridized carbons (Fsp3) is 0.379. The molecule has 3 heterocycles. The molecule has 2 aromatic heterocycles. The Morgan fingerprint density at radius 3 is 2.67 bits per heavy atom. The molecule has 0 bridgehead atoms. The van der Waals surface area contributed by atoms with E-state index in [4.69, 9.17) is 30.5 Å². The predicted octanol–water partition coefficient (Wildman–Crippen LogP) is 5.69. The molecule has 0 amide bonds. The van der Waals surface area contributed by atoms with E-state index in [1.807, 2.05) is 36.4 Å². The molecule has 0 fully saturated rings. The van der Waals surface area contributed by atoms with Crippen LogP contribution in [0.1, 0.15) is 78.5 Å². The maximum absolute atomic E-state index is 12.2. The topological polar surface area (TPSA) is 103 Å². The monoisotopic (exact) mass is 565 g/mol.